The van der Waals surface area contributed by atoms with Crippen LogP contribution in [-0.4, -0.2) is 61.7 Å². The van der Waals surface area contributed by atoms with Crippen LogP contribution in [0.25, 0.3) is 11.7 Å². The Balaban J connectivity index is 1.19. The predicted molar refractivity (Wildman–Crippen MR) is 128 cm³/mol. The summed E-state index contributed by atoms with van der Waals surface area (Å²) in [7, 11) is 0. The van der Waals surface area contributed by atoms with Gasteiger partial charge in [0.05, 0.1) is 25.5 Å². The van der Waals surface area contributed by atoms with Gasteiger partial charge in [-0.15, -0.1) is 0 Å². The van der Waals surface area contributed by atoms with Crippen LogP contribution in [0.5, 0.6) is 0 Å². The lowest BCUT2D eigenvalue weighted by Crippen LogP contribution is -2.46. The monoisotopic (exact) mass is 475 g/mol. The Morgan fingerprint density at radius 1 is 1.11 bits per heavy atom. The van der Waals surface area contributed by atoms with E-state index in [4.69, 9.17) is 13.6 Å². The van der Waals surface area contributed by atoms with Gasteiger partial charge in [0.25, 0.3) is 5.89 Å². The number of aromatic nitrogens is 1. The Morgan fingerprint density at radius 2 is 1.89 bits per heavy atom. The number of nitriles is 1. The highest BCUT2D eigenvalue weighted by molar-refractivity contribution is 5.79. The number of nitrogens with one attached hydrogen (secondary N) is 1. The molecule has 182 valence electrons. The summed E-state index contributed by atoms with van der Waals surface area (Å²) in [6, 6.07) is 16.0. The molecule has 9 heteroatoms. The number of nitrogens with zero attached hydrogens (tertiary/aromatic N) is 4. The highest BCUT2D eigenvalue weighted by Gasteiger charge is 2.30. The highest BCUT2D eigenvalue weighted by Crippen LogP contribution is 2.31. The van der Waals surface area contributed by atoms with E-state index in [0.29, 0.717) is 57.3 Å². The van der Waals surface area contributed by atoms with Gasteiger partial charge < -0.3 is 23.8 Å². The van der Waals surface area contributed by atoms with Gasteiger partial charge in [0, 0.05) is 38.6 Å². The molecule has 1 atom stereocenters. The fourth-order valence-electron chi connectivity index (χ4n) is 4.81. The second-order valence-corrected chi connectivity index (χ2v) is 8.84. The third-order valence-corrected chi connectivity index (χ3v) is 6.74. The average Bonchev–Trinajstić information content (AvgIpc) is 3.60. The molecule has 0 spiro atoms. The van der Waals surface area contributed by atoms with Gasteiger partial charge in [-0.05, 0) is 30.5 Å². The van der Waals surface area contributed by atoms with Crippen molar-refractivity contribution < 1.29 is 18.4 Å². The molecule has 9 nitrogen and oxygen atoms in total. The summed E-state index contributed by atoms with van der Waals surface area (Å²) in [5, 5.41) is 12.7. The summed E-state index contributed by atoms with van der Waals surface area (Å²) < 4.78 is 16.7. The third kappa shape index (κ3) is 5.24. The first kappa shape index (κ1) is 23.1. The number of oxazole rings is 1. The lowest BCUT2D eigenvalue weighted by atomic mass is 9.95. The fraction of sp³-hybridized carbons (Fsp3) is 0.423. The van der Waals surface area contributed by atoms with Crippen molar-refractivity contribution in [3.8, 4) is 17.7 Å². The van der Waals surface area contributed by atoms with Crippen LogP contribution in [0.15, 0.2) is 57.6 Å². The number of carbonyl (C=O) groups is 1. The first-order chi connectivity index (χ1) is 17.2. The average molecular weight is 476 g/mol. The largest absolute Gasteiger partial charge is 0.459 e. The smallest absolute Gasteiger partial charge is 0.266 e. The van der Waals surface area contributed by atoms with E-state index in [9.17, 15) is 10.1 Å². The molecule has 3 aromatic rings. The molecule has 0 radical (unpaired) electrons. The van der Waals surface area contributed by atoms with E-state index >= 15 is 0 Å². The van der Waals surface area contributed by atoms with Crippen LogP contribution in [0.1, 0.15) is 30.1 Å². The number of furan rings is 1. The van der Waals surface area contributed by atoms with Gasteiger partial charge in [0.15, 0.2) is 5.76 Å². The number of anilines is 1. The lowest BCUT2D eigenvalue weighted by molar-refractivity contribution is -0.126. The van der Waals surface area contributed by atoms with Crippen LogP contribution >= 0.6 is 0 Å². The van der Waals surface area contributed by atoms with E-state index in [1.165, 1.54) is 11.8 Å². The number of carbonyl (C=O) groups excluding carboxylic acids is 1. The van der Waals surface area contributed by atoms with Crippen LogP contribution in [0.3, 0.4) is 0 Å². The Bertz CT molecular complexity index is 1140. The van der Waals surface area contributed by atoms with Crippen LogP contribution in [0.4, 0.5) is 5.88 Å². The zero-order valence-electron chi connectivity index (χ0n) is 19.6. The van der Waals surface area contributed by atoms with Gasteiger partial charge in [-0.3, -0.25) is 9.69 Å². The summed E-state index contributed by atoms with van der Waals surface area (Å²) in [6.45, 7) is 4.93. The number of hydrogen-bond acceptors (Lipinski definition) is 8. The molecule has 35 heavy (non-hydrogen) atoms. The molecule has 2 aliphatic heterocycles. The Morgan fingerprint density at radius 3 is 2.57 bits per heavy atom. The molecule has 1 N–H and O–H groups in total. The zero-order valence-corrected chi connectivity index (χ0v) is 19.6. The Hall–Kier alpha value is -3.61. The van der Waals surface area contributed by atoms with Crippen LogP contribution in [0.2, 0.25) is 0 Å². The van der Waals surface area contributed by atoms with Crippen molar-refractivity contribution in [3.63, 3.8) is 0 Å². The highest BCUT2D eigenvalue weighted by atomic mass is 16.5. The molecule has 2 aromatic heterocycles. The van der Waals surface area contributed by atoms with Crippen LogP contribution in [-0.2, 0) is 9.53 Å². The quantitative estimate of drug-likeness (QED) is 0.555. The first-order valence-corrected chi connectivity index (χ1v) is 12.1. The molecule has 2 saturated heterocycles. The maximum Gasteiger partial charge on any atom is 0.266 e. The van der Waals surface area contributed by atoms with Crippen LogP contribution < -0.4 is 10.2 Å². The van der Waals surface area contributed by atoms with E-state index in [1.54, 1.807) is 12.1 Å². The van der Waals surface area contributed by atoms with Crippen molar-refractivity contribution in [1.29, 1.82) is 5.26 Å². The summed E-state index contributed by atoms with van der Waals surface area (Å²) in [5.41, 5.74) is 1.43. The SMILES string of the molecule is N#Cc1nc(-c2ccco2)oc1N1CCC(C(=O)NCC(c2ccccc2)N2CCOCC2)CC1. The molecule has 1 amide bonds. The number of amides is 1. The van der Waals surface area contributed by atoms with Gasteiger partial charge >= 0.3 is 0 Å². The molecule has 0 aliphatic carbocycles. The maximum atomic E-state index is 13.1. The molecule has 0 saturated carbocycles. The Labute approximate surface area is 204 Å². The standard InChI is InChI=1S/C26H29N5O4/c27-17-21-26(35-25(29-21)23-7-4-14-34-23)31-10-8-20(9-11-31)24(32)28-18-22(19-5-2-1-3-6-19)30-12-15-33-16-13-30/h1-7,14,20,22H,8-13,15-16,18H2,(H,28,32). The van der Waals surface area contributed by atoms with E-state index in [-0.39, 0.29) is 29.5 Å². The predicted octanol–water partition coefficient (Wildman–Crippen LogP) is 3.21. The molecule has 2 fully saturated rings. The molecule has 2 aliphatic rings. The molecule has 5 rings (SSSR count). The van der Waals surface area contributed by atoms with E-state index in [1.807, 2.05) is 23.1 Å². The summed E-state index contributed by atoms with van der Waals surface area (Å²) in [5.74, 6) is 1.21. The minimum Gasteiger partial charge on any atom is -0.459 e. The Kier molecular flexibility index (Phi) is 7.12. The van der Waals surface area contributed by atoms with Crippen molar-refractivity contribution in [1.82, 2.24) is 15.2 Å². The van der Waals surface area contributed by atoms with Gasteiger partial charge in [0.2, 0.25) is 17.5 Å². The lowest BCUT2D eigenvalue weighted by Gasteiger charge is -2.35. The minimum absolute atomic E-state index is 0.0770. The normalized spacial score (nSPS) is 18.2. The van der Waals surface area contributed by atoms with E-state index in [2.05, 4.69) is 33.4 Å². The van der Waals surface area contributed by atoms with Gasteiger partial charge in [-0.2, -0.15) is 10.2 Å². The summed E-state index contributed by atoms with van der Waals surface area (Å²) in [4.78, 5) is 21.7. The van der Waals surface area contributed by atoms with Gasteiger partial charge in [-0.1, -0.05) is 30.3 Å². The summed E-state index contributed by atoms with van der Waals surface area (Å²) >= 11 is 0. The van der Waals surface area contributed by atoms with Crippen molar-refractivity contribution in [3.05, 3.63) is 60.0 Å². The third-order valence-electron chi connectivity index (χ3n) is 6.74. The van der Waals surface area contributed by atoms with Crippen LogP contribution in [0, 0.1) is 17.2 Å². The number of piperidine rings is 1. The molecule has 4 heterocycles. The number of morpholine rings is 1. The second-order valence-electron chi connectivity index (χ2n) is 8.84. The number of ether oxygens (including phenoxy) is 1. The minimum atomic E-state index is -0.0784. The fourth-order valence-corrected chi connectivity index (χ4v) is 4.81. The van der Waals surface area contributed by atoms with Crippen molar-refractivity contribution in [2.75, 3.05) is 50.8 Å². The van der Waals surface area contributed by atoms with Gasteiger partial charge in [-0.25, -0.2) is 0 Å². The second kappa shape index (κ2) is 10.8. The van der Waals surface area contributed by atoms with E-state index in [0.717, 1.165) is 13.1 Å². The molecular formula is C26H29N5O4. The molecular weight excluding hydrogens is 446 g/mol. The maximum absolute atomic E-state index is 13.1. The molecule has 1 unspecified atom stereocenters. The number of rotatable bonds is 7. The van der Waals surface area contributed by atoms with E-state index < -0.39 is 0 Å². The topological polar surface area (TPSA) is 108 Å². The van der Waals surface area contributed by atoms with Crippen molar-refractivity contribution in [2.45, 2.75) is 18.9 Å². The van der Waals surface area contributed by atoms with Gasteiger partial charge in [0.1, 0.15) is 6.07 Å². The number of benzene rings is 1. The summed E-state index contributed by atoms with van der Waals surface area (Å²) in [6.07, 6.45) is 2.90. The van der Waals surface area contributed by atoms with Crippen molar-refractivity contribution >= 4 is 11.8 Å². The molecule has 1 aromatic carbocycles. The zero-order chi connectivity index (χ0) is 24.0. The molecule has 0 bridgehead atoms. The van der Waals surface area contributed by atoms with Crippen molar-refractivity contribution in [2.24, 2.45) is 5.92 Å². The first-order valence-electron chi connectivity index (χ1n) is 12.1. The number of hydrogen-bond donors (Lipinski definition) is 1.